The summed E-state index contributed by atoms with van der Waals surface area (Å²) in [5.74, 6) is -0.638. The number of alkyl halides is 3. The van der Waals surface area contributed by atoms with Crippen LogP contribution in [-0.4, -0.2) is 10.8 Å². The fourth-order valence-corrected chi connectivity index (χ4v) is 0.856. The molecule has 1 aromatic rings. The topological polar surface area (TPSA) is 62.8 Å². The lowest BCUT2D eigenvalue weighted by molar-refractivity contribution is -0.137. The largest absolute Gasteiger partial charge is 0.417 e. The molecule has 6 heteroatoms. The highest BCUT2D eigenvalue weighted by Crippen LogP contribution is 2.30. The molecule has 0 spiro atoms. The molecule has 0 bridgehead atoms. The van der Waals surface area contributed by atoms with E-state index in [0.717, 1.165) is 18.5 Å². The van der Waals surface area contributed by atoms with Gasteiger partial charge in [0.2, 0.25) is 0 Å². The summed E-state index contributed by atoms with van der Waals surface area (Å²) < 4.78 is 36.7. The Labute approximate surface area is 71.9 Å². The van der Waals surface area contributed by atoms with Crippen LogP contribution in [0.2, 0.25) is 0 Å². The van der Waals surface area contributed by atoms with Gasteiger partial charge in [-0.05, 0) is 6.07 Å². The number of nitrogens with zero attached hydrogens (tertiary/aromatic N) is 1. The first kappa shape index (κ1) is 9.50. The standard InChI is InChI=1S/C7H6F3N3/c8-7(9,10)5-1-2-13-3-4(5)6(11)12/h1-3H,(H3,11,12). The number of nitrogens with one attached hydrogen (secondary N) is 1. The van der Waals surface area contributed by atoms with Crippen LogP contribution in [0.15, 0.2) is 18.5 Å². The Hall–Kier alpha value is -1.59. The molecule has 1 heterocycles. The number of hydrogen-bond acceptors (Lipinski definition) is 2. The maximum absolute atomic E-state index is 12.2. The maximum Gasteiger partial charge on any atom is 0.417 e. The summed E-state index contributed by atoms with van der Waals surface area (Å²) in [6.07, 6.45) is -2.57. The van der Waals surface area contributed by atoms with Crippen LogP contribution in [0.1, 0.15) is 11.1 Å². The summed E-state index contributed by atoms with van der Waals surface area (Å²) >= 11 is 0. The zero-order valence-corrected chi connectivity index (χ0v) is 6.39. The van der Waals surface area contributed by atoms with Crippen molar-refractivity contribution in [1.29, 1.82) is 5.41 Å². The van der Waals surface area contributed by atoms with Gasteiger partial charge in [-0.3, -0.25) is 10.4 Å². The minimum Gasteiger partial charge on any atom is -0.384 e. The molecule has 0 amide bonds. The third-order valence-electron chi connectivity index (χ3n) is 1.42. The number of pyridine rings is 1. The number of aromatic nitrogens is 1. The second kappa shape index (κ2) is 3.04. The van der Waals surface area contributed by atoms with E-state index >= 15 is 0 Å². The van der Waals surface area contributed by atoms with Crippen LogP contribution < -0.4 is 5.73 Å². The minimum absolute atomic E-state index is 0.394. The van der Waals surface area contributed by atoms with Gasteiger partial charge in [0.15, 0.2) is 0 Å². The monoisotopic (exact) mass is 189 g/mol. The summed E-state index contributed by atoms with van der Waals surface area (Å²) in [5.41, 5.74) is 3.63. The number of amidine groups is 1. The van der Waals surface area contributed by atoms with Gasteiger partial charge in [-0.25, -0.2) is 0 Å². The maximum atomic E-state index is 12.2. The van der Waals surface area contributed by atoms with Gasteiger partial charge in [-0.2, -0.15) is 13.2 Å². The van der Waals surface area contributed by atoms with E-state index in [1.165, 1.54) is 0 Å². The van der Waals surface area contributed by atoms with Crippen molar-refractivity contribution in [3.8, 4) is 0 Å². The fraction of sp³-hybridized carbons (Fsp3) is 0.143. The second-order valence-electron chi connectivity index (χ2n) is 2.33. The third-order valence-corrected chi connectivity index (χ3v) is 1.42. The molecule has 0 aliphatic heterocycles. The normalized spacial score (nSPS) is 11.3. The van der Waals surface area contributed by atoms with Crippen molar-refractivity contribution >= 4 is 5.84 Å². The molecular formula is C7H6F3N3. The van der Waals surface area contributed by atoms with Crippen LogP contribution in [0.3, 0.4) is 0 Å². The molecule has 3 N–H and O–H groups in total. The van der Waals surface area contributed by atoms with E-state index in [9.17, 15) is 13.2 Å². The van der Waals surface area contributed by atoms with E-state index in [-0.39, 0.29) is 0 Å². The molecule has 0 aromatic carbocycles. The Morgan fingerprint density at radius 3 is 2.46 bits per heavy atom. The van der Waals surface area contributed by atoms with Crippen molar-refractivity contribution < 1.29 is 13.2 Å². The van der Waals surface area contributed by atoms with E-state index in [0.29, 0.717) is 0 Å². The molecule has 3 nitrogen and oxygen atoms in total. The molecule has 70 valence electrons. The quantitative estimate of drug-likeness (QED) is 0.517. The number of nitrogen functional groups attached to an aromatic ring is 1. The van der Waals surface area contributed by atoms with E-state index in [1.807, 2.05) is 0 Å². The van der Waals surface area contributed by atoms with Crippen molar-refractivity contribution in [3.05, 3.63) is 29.6 Å². The average Bonchev–Trinajstić information content (AvgIpc) is 2.03. The first-order valence-corrected chi connectivity index (χ1v) is 3.28. The molecule has 0 atom stereocenters. The van der Waals surface area contributed by atoms with E-state index in [4.69, 9.17) is 11.1 Å². The lowest BCUT2D eigenvalue weighted by Crippen LogP contribution is -2.18. The zero-order valence-electron chi connectivity index (χ0n) is 6.39. The lowest BCUT2D eigenvalue weighted by atomic mass is 10.1. The third kappa shape index (κ3) is 1.95. The molecular weight excluding hydrogens is 183 g/mol. The Bertz CT molecular complexity index is 332. The Morgan fingerprint density at radius 1 is 1.46 bits per heavy atom. The van der Waals surface area contributed by atoms with Gasteiger partial charge in [-0.15, -0.1) is 0 Å². The van der Waals surface area contributed by atoms with Gasteiger partial charge in [-0.1, -0.05) is 0 Å². The summed E-state index contributed by atoms with van der Waals surface area (Å²) in [6.45, 7) is 0. The number of nitrogens with two attached hydrogens (primary N) is 1. The lowest BCUT2D eigenvalue weighted by Gasteiger charge is -2.10. The predicted molar refractivity (Wildman–Crippen MR) is 40.3 cm³/mol. The van der Waals surface area contributed by atoms with Gasteiger partial charge < -0.3 is 5.73 Å². The molecule has 13 heavy (non-hydrogen) atoms. The summed E-state index contributed by atoms with van der Waals surface area (Å²) in [6, 6.07) is 0.788. The molecule has 1 aromatic heterocycles. The van der Waals surface area contributed by atoms with Crippen LogP contribution in [0.4, 0.5) is 13.2 Å². The second-order valence-corrected chi connectivity index (χ2v) is 2.33. The number of hydrogen-bond donors (Lipinski definition) is 2. The number of halogens is 3. The van der Waals surface area contributed by atoms with Crippen molar-refractivity contribution in [2.24, 2.45) is 5.73 Å². The zero-order chi connectivity index (χ0) is 10.1. The highest BCUT2D eigenvalue weighted by Gasteiger charge is 2.33. The SMILES string of the molecule is N=C(N)c1cnccc1C(F)(F)F. The van der Waals surface area contributed by atoms with Crippen LogP contribution >= 0.6 is 0 Å². The molecule has 0 saturated heterocycles. The molecule has 0 aliphatic rings. The molecule has 0 unspecified atom stereocenters. The average molecular weight is 189 g/mol. The Kier molecular flexibility index (Phi) is 2.22. The highest BCUT2D eigenvalue weighted by molar-refractivity contribution is 5.96. The minimum atomic E-state index is -4.50. The van der Waals surface area contributed by atoms with Gasteiger partial charge in [0.25, 0.3) is 0 Å². The molecule has 0 fully saturated rings. The van der Waals surface area contributed by atoms with Crippen molar-refractivity contribution in [1.82, 2.24) is 4.98 Å². The van der Waals surface area contributed by atoms with Crippen LogP contribution in [0.5, 0.6) is 0 Å². The summed E-state index contributed by atoms with van der Waals surface area (Å²) in [7, 11) is 0. The van der Waals surface area contributed by atoms with Crippen molar-refractivity contribution in [2.75, 3.05) is 0 Å². The molecule has 1 rings (SSSR count). The van der Waals surface area contributed by atoms with Gasteiger partial charge in [0, 0.05) is 18.0 Å². The molecule has 0 aliphatic carbocycles. The summed E-state index contributed by atoms with van der Waals surface area (Å²) in [4.78, 5) is 3.46. The smallest absolute Gasteiger partial charge is 0.384 e. The van der Waals surface area contributed by atoms with E-state index in [1.54, 1.807) is 0 Å². The number of rotatable bonds is 1. The van der Waals surface area contributed by atoms with Crippen LogP contribution in [-0.2, 0) is 6.18 Å². The first-order valence-electron chi connectivity index (χ1n) is 3.28. The van der Waals surface area contributed by atoms with E-state index in [2.05, 4.69) is 4.98 Å². The van der Waals surface area contributed by atoms with Crippen molar-refractivity contribution in [2.45, 2.75) is 6.18 Å². The fourth-order valence-electron chi connectivity index (χ4n) is 0.856. The van der Waals surface area contributed by atoms with E-state index < -0.39 is 23.1 Å². The predicted octanol–water partition coefficient (Wildman–Crippen LogP) is 1.38. The molecule has 0 saturated carbocycles. The van der Waals surface area contributed by atoms with Gasteiger partial charge >= 0.3 is 6.18 Å². The van der Waals surface area contributed by atoms with Gasteiger partial charge in [0.1, 0.15) is 5.84 Å². The Balaban J connectivity index is 3.28. The first-order chi connectivity index (χ1) is 5.93. The van der Waals surface area contributed by atoms with Crippen molar-refractivity contribution in [3.63, 3.8) is 0 Å². The van der Waals surface area contributed by atoms with Crippen LogP contribution in [0, 0.1) is 5.41 Å². The van der Waals surface area contributed by atoms with Gasteiger partial charge in [0.05, 0.1) is 5.56 Å². The molecule has 0 radical (unpaired) electrons. The van der Waals surface area contributed by atoms with Crippen LogP contribution in [0.25, 0.3) is 0 Å². The highest BCUT2D eigenvalue weighted by atomic mass is 19.4. The summed E-state index contributed by atoms with van der Waals surface area (Å²) in [5, 5.41) is 6.89. The Morgan fingerprint density at radius 2 is 2.08 bits per heavy atom.